The predicted molar refractivity (Wildman–Crippen MR) is 70.5 cm³/mol. The van der Waals surface area contributed by atoms with Gasteiger partial charge in [-0.3, -0.25) is 0 Å². The van der Waals surface area contributed by atoms with Gasteiger partial charge < -0.3 is 10.2 Å². The van der Waals surface area contributed by atoms with E-state index in [0.29, 0.717) is 11.3 Å². The summed E-state index contributed by atoms with van der Waals surface area (Å²) in [5, 5.41) is 2.91. The van der Waals surface area contributed by atoms with Crippen molar-refractivity contribution in [2.24, 2.45) is 0 Å². The van der Waals surface area contributed by atoms with Crippen molar-refractivity contribution in [1.29, 1.82) is 0 Å². The van der Waals surface area contributed by atoms with Crippen LogP contribution in [0.4, 0.5) is 18.9 Å². The van der Waals surface area contributed by atoms with Crippen LogP contribution in [0.5, 0.6) is 0 Å². The number of piperidine rings is 1. The number of halogens is 4. The lowest BCUT2D eigenvalue weighted by atomic mass is 10.0. The minimum atomic E-state index is -2.68. The second-order valence-corrected chi connectivity index (χ2v) is 5.22. The first-order valence-electron chi connectivity index (χ1n) is 6.12. The van der Waals surface area contributed by atoms with E-state index in [1.165, 1.54) is 6.07 Å². The predicted octanol–water partition coefficient (Wildman–Crippen LogP) is 3.57. The van der Waals surface area contributed by atoms with E-state index in [2.05, 4.69) is 5.32 Å². The zero-order chi connectivity index (χ0) is 14.2. The van der Waals surface area contributed by atoms with Crippen molar-refractivity contribution in [1.82, 2.24) is 5.32 Å². The van der Waals surface area contributed by atoms with E-state index in [0.717, 1.165) is 0 Å². The molecule has 1 saturated heterocycles. The summed E-state index contributed by atoms with van der Waals surface area (Å²) < 4.78 is 40.6. The largest absolute Gasteiger partial charge is 0.355 e. The number of nitrogens with one attached hydrogen (secondary N) is 1. The van der Waals surface area contributed by atoms with Crippen molar-refractivity contribution in [3.63, 3.8) is 0 Å². The van der Waals surface area contributed by atoms with Gasteiger partial charge in [0.1, 0.15) is 5.82 Å². The highest BCUT2D eigenvalue weighted by molar-refractivity contribution is 6.30. The van der Waals surface area contributed by atoms with E-state index in [-0.39, 0.29) is 24.4 Å². The topological polar surface area (TPSA) is 15.3 Å². The highest BCUT2D eigenvalue weighted by Gasteiger charge is 2.40. The maximum atomic E-state index is 13.8. The second-order valence-electron chi connectivity index (χ2n) is 4.81. The summed E-state index contributed by atoms with van der Waals surface area (Å²) in [6.45, 7) is 1.79. The molecule has 1 unspecified atom stereocenters. The van der Waals surface area contributed by atoms with E-state index in [9.17, 15) is 13.2 Å². The van der Waals surface area contributed by atoms with Gasteiger partial charge in [0.05, 0.1) is 11.2 Å². The van der Waals surface area contributed by atoms with Crippen LogP contribution in [0.2, 0.25) is 5.02 Å². The van der Waals surface area contributed by atoms with Gasteiger partial charge in [0.2, 0.25) is 0 Å². The van der Waals surface area contributed by atoms with E-state index in [4.69, 9.17) is 11.6 Å². The van der Waals surface area contributed by atoms with Crippen LogP contribution in [0, 0.1) is 12.7 Å². The molecule has 19 heavy (non-hydrogen) atoms. The molecule has 1 aromatic rings. The Bertz CT molecular complexity index is 479. The van der Waals surface area contributed by atoms with Gasteiger partial charge in [-0.1, -0.05) is 11.6 Å². The third kappa shape index (κ3) is 2.82. The fourth-order valence-corrected chi connectivity index (χ4v) is 2.64. The van der Waals surface area contributed by atoms with Crippen molar-refractivity contribution >= 4 is 17.3 Å². The summed E-state index contributed by atoms with van der Waals surface area (Å²) >= 11 is 5.71. The molecule has 1 aromatic carbocycles. The summed E-state index contributed by atoms with van der Waals surface area (Å²) in [6, 6.07) is 3.13. The minimum Gasteiger partial charge on any atom is -0.355 e. The van der Waals surface area contributed by atoms with Crippen LogP contribution in [0.15, 0.2) is 12.1 Å². The number of benzene rings is 1. The lowest BCUT2D eigenvalue weighted by Gasteiger charge is -2.41. The van der Waals surface area contributed by atoms with Crippen molar-refractivity contribution in [2.45, 2.75) is 31.9 Å². The monoisotopic (exact) mass is 292 g/mol. The first kappa shape index (κ1) is 14.5. The summed E-state index contributed by atoms with van der Waals surface area (Å²) in [5.41, 5.74) is 0.995. The Morgan fingerprint density at radius 2 is 2.11 bits per heavy atom. The quantitative estimate of drug-likeness (QED) is 0.896. The lowest BCUT2D eigenvalue weighted by Crippen LogP contribution is -2.53. The lowest BCUT2D eigenvalue weighted by molar-refractivity contribution is -0.0365. The highest BCUT2D eigenvalue weighted by atomic mass is 35.5. The Morgan fingerprint density at radius 3 is 2.74 bits per heavy atom. The molecule has 0 amide bonds. The Morgan fingerprint density at radius 1 is 1.42 bits per heavy atom. The molecule has 1 atom stereocenters. The average Bonchev–Trinajstić information content (AvgIpc) is 2.36. The smallest absolute Gasteiger partial charge is 0.253 e. The molecule has 0 spiro atoms. The third-order valence-corrected chi connectivity index (χ3v) is 3.83. The van der Waals surface area contributed by atoms with Crippen LogP contribution in [0.25, 0.3) is 0 Å². The molecular weight excluding hydrogens is 277 g/mol. The molecule has 0 aliphatic carbocycles. The molecule has 106 valence electrons. The van der Waals surface area contributed by atoms with Gasteiger partial charge in [-0.2, -0.15) is 0 Å². The Kier molecular flexibility index (Phi) is 3.97. The molecule has 1 N–H and O–H groups in total. The van der Waals surface area contributed by atoms with Crippen molar-refractivity contribution in [3.8, 4) is 0 Å². The summed E-state index contributed by atoms with van der Waals surface area (Å²) in [5.74, 6) is -3.17. The van der Waals surface area contributed by atoms with Gasteiger partial charge in [0.25, 0.3) is 5.92 Å². The van der Waals surface area contributed by atoms with Crippen LogP contribution in [-0.2, 0) is 0 Å². The van der Waals surface area contributed by atoms with E-state index >= 15 is 0 Å². The molecule has 1 fully saturated rings. The number of alkyl halides is 2. The molecule has 0 bridgehead atoms. The molecule has 0 saturated carbocycles. The van der Waals surface area contributed by atoms with Gasteiger partial charge >= 0.3 is 0 Å². The molecule has 0 aromatic heterocycles. The summed E-state index contributed by atoms with van der Waals surface area (Å²) in [7, 11) is 1.63. The summed E-state index contributed by atoms with van der Waals surface area (Å²) in [4.78, 5) is 1.77. The van der Waals surface area contributed by atoms with E-state index < -0.39 is 17.9 Å². The molecule has 1 aliphatic rings. The first-order valence-corrected chi connectivity index (χ1v) is 6.50. The molecule has 2 rings (SSSR count). The van der Waals surface area contributed by atoms with Crippen molar-refractivity contribution < 1.29 is 13.2 Å². The van der Waals surface area contributed by atoms with Gasteiger partial charge in [0, 0.05) is 30.6 Å². The average molecular weight is 293 g/mol. The van der Waals surface area contributed by atoms with Crippen LogP contribution in [0.3, 0.4) is 0 Å². The number of hydrogen-bond donors (Lipinski definition) is 1. The third-order valence-electron chi connectivity index (χ3n) is 3.54. The molecule has 0 radical (unpaired) electrons. The van der Waals surface area contributed by atoms with Crippen LogP contribution >= 0.6 is 11.6 Å². The fourth-order valence-electron chi connectivity index (χ4n) is 2.43. The number of rotatable bonds is 2. The zero-order valence-corrected chi connectivity index (χ0v) is 11.6. The summed E-state index contributed by atoms with van der Waals surface area (Å²) in [6.07, 6.45) is -1.02. The minimum absolute atomic E-state index is 0.0459. The molecule has 6 heteroatoms. The standard InChI is InChI=1S/C13H16ClF3N2/c1-8-10(4-3-9(14)12(8)15)19-6-5-13(16,17)7-11(19)18-2/h3-4,11,18H,5-7H2,1-2H3. The van der Waals surface area contributed by atoms with Crippen molar-refractivity contribution in [2.75, 3.05) is 18.5 Å². The van der Waals surface area contributed by atoms with E-state index in [1.807, 2.05) is 0 Å². The SMILES string of the molecule is CNC1CC(F)(F)CCN1c1ccc(Cl)c(F)c1C. The Hall–Kier alpha value is -0.940. The maximum absolute atomic E-state index is 13.8. The Balaban J connectivity index is 2.34. The second kappa shape index (κ2) is 5.21. The van der Waals surface area contributed by atoms with Gasteiger partial charge in [0.15, 0.2) is 0 Å². The Labute approximate surface area is 115 Å². The maximum Gasteiger partial charge on any atom is 0.253 e. The fraction of sp³-hybridized carbons (Fsp3) is 0.538. The van der Waals surface area contributed by atoms with Crippen molar-refractivity contribution in [3.05, 3.63) is 28.5 Å². The number of nitrogens with zero attached hydrogens (tertiary/aromatic N) is 1. The van der Waals surface area contributed by atoms with Gasteiger partial charge in [-0.15, -0.1) is 0 Å². The van der Waals surface area contributed by atoms with Crippen LogP contribution < -0.4 is 10.2 Å². The molecule has 1 aliphatic heterocycles. The van der Waals surface area contributed by atoms with E-state index in [1.54, 1.807) is 24.9 Å². The number of hydrogen-bond acceptors (Lipinski definition) is 2. The van der Waals surface area contributed by atoms with Crippen LogP contribution in [-0.4, -0.2) is 25.7 Å². The first-order chi connectivity index (χ1) is 8.85. The highest BCUT2D eigenvalue weighted by Crippen LogP contribution is 2.36. The normalized spacial score (nSPS) is 22.6. The van der Waals surface area contributed by atoms with Gasteiger partial charge in [-0.05, 0) is 26.1 Å². The molecule has 1 heterocycles. The number of anilines is 1. The van der Waals surface area contributed by atoms with Crippen LogP contribution in [0.1, 0.15) is 18.4 Å². The molecule has 2 nitrogen and oxygen atoms in total. The zero-order valence-electron chi connectivity index (χ0n) is 10.8. The molecular formula is C13H16ClF3N2. The van der Waals surface area contributed by atoms with Gasteiger partial charge in [-0.25, -0.2) is 13.2 Å².